The second-order valence-corrected chi connectivity index (χ2v) is 2.24. The van der Waals surface area contributed by atoms with Gasteiger partial charge in [-0.2, -0.15) is 8.78 Å². The molecule has 1 rings (SSSR count). The van der Waals surface area contributed by atoms with Crippen LogP contribution in [0.25, 0.3) is 0 Å². The molecule has 1 aromatic rings. The van der Waals surface area contributed by atoms with Gasteiger partial charge in [-0.15, -0.1) is 0 Å². The van der Waals surface area contributed by atoms with Crippen LogP contribution in [0.3, 0.4) is 0 Å². The van der Waals surface area contributed by atoms with Crippen molar-refractivity contribution >= 4 is 0 Å². The van der Waals surface area contributed by atoms with E-state index in [0.717, 1.165) is 6.07 Å². The van der Waals surface area contributed by atoms with Gasteiger partial charge in [-0.25, -0.2) is 4.39 Å². The topological polar surface area (TPSA) is 20.2 Å². The molecule has 1 radical (unpaired) electrons. The zero-order valence-electron chi connectivity index (χ0n) is 5.97. The van der Waals surface area contributed by atoms with E-state index >= 15 is 0 Å². The molecule has 0 saturated heterocycles. The van der Waals surface area contributed by atoms with Gasteiger partial charge < -0.3 is 5.11 Å². The lowest BCUT2D eigenvalue weighted by molar-refractivity contribution is -0.174. The number of hydrogen-bond donors (Lipinski definition) is 1. The van der Waals surface area contributed by atoms with Gasteiger partial charge in [-0.1, -0.05) is 24.3 Å². The Hall–Kier alpha value is -1.03. The first kappa shape index (κ1) is 9.06. The van der Waals surface area contributed by atoms with Gasteiger partial charge in [0.25, 0.3) is 6.36 Å². The quantitative estimate of drug-likeness (QED) is 0.727. The van der Waals surface area contributed by atoms with Gasteiger partial charge in [0.15, 0.2) is 0 Å². The third kappa shape index (κ3) is 1.58. The average molecular weight is 175 g/mol. The Labute approximate surface area is 67.5 Å². The third-order valence-electron chi connectivity index (χ3n) is 1.37. The van der Waals surface area contributed by atoms with Crippen LogP contribution in [0.4, 0.5) is 13.2 Å². The molecule has 0 spiro atoms. The number of halogens is 3. The Morgan fingerprint density at radius 2 is 2.08 bits per heavy atom. The fraction of sp³-hybridized carbons (Fsp3) is 0.250. The van der Waals surface area contributed by atoms with Gasteiger partial charge in [-0.3, -0.25) is 0 Å². The van der Waals surface area contributed by atoms with Crippen LogP contribution in [-0.2, 0) is 5.92 Å². The maximum absolute atomic E-state index is 12.6. The Morgan fingerprint density at radius 3 is 2.50 bits per heavy atom. The fourth-order valence-electron chi connectivity index (χ4n) is 0.729. The number of aliphatic hydroxyl groups is 1. The summed E-state index contributed by atoms with van der Waals surface area (Å²) >= 11 is 0. The minimum absolute atomic E-state index is 0.653. The molecule has 1 aromatic carbocycles. The number of hydrogen-bond acceptors (Lipinski definition) is 1. The number of aliphatic hydroxyl groups excluding tert-OH is 1. The molecule has 0 aliphatic heterocycles. The average Bonchev–Trinajstić information content (AvgIpc) is 2.06. The lowest BCUT2D eigenvalue weighted by Crippen LogP contribution is -2.26. The zero-order valence-corrected chi connectivity index (χ0v) is 5.97. The summed E-state index contributed by atoms with van der Waals surface area (Å²) in [7, 11) is 0. The second kappa shape index (κ2) is 3.15. The van der Waals surface area contributed by atoms with Gasteiger partial charge in [-0.05, 0) is 6.07 Å². The molecule has 0 amide bonds. The number of alkyl halides is 3. The smallest absolute Gasteiger partial charge is 0.328 e. The highest BCUT2D eigenvalue weighted by atomic mass is 19.3. The number of rotatable bonds is 2. The van der Waals surface area contributed by atoms with Crippen LogP contribution in [0.2, 0.25) is 0 Å². The van der Waals surface area contributed by atoms with E-state index in [9.17, 15) is 13.2 Å². The second-order valence-electron chi connectivity index (χ2n) is 2.24. The van der Waals surface area contributed by atoms with Crippen LogP contribution in [0.5, 0.6) is 0 Å². The summed E-state index contributed by atoms with van der Waals surface area (Å²) in [6, 6.07) is 7.17. The predicted octanol–water partition coefficient (Wildman–Crippen LogP) is 1.87. The molecule has 1 atom stereocenters. The summed E-state index contributed by atoms with van der Waals surface area (Å²) in [5.74, 6) is -3.87. The van der Waals surface area contributed by atoms with Crippen LogP contribution < -0.4 is 0 Å². The van der Waals surface area contributed by atoms with E-state index in [0.29, 0.717) is 0 Å². The molecule has 65 valence electrons. The van der Waals surface area contributed by atoms with Crippen molar-refractivity contribution in [2.45, 2.75) is 12.3 Å². The molecule has 1 unspecified atom stereocenters. The standard InChI is InChI=1S/C8H6F3O/c9-7(12)8(10,11)6-4-2-1-3-5-6/h1-4,7,12H. The van der Waals surface area contributed by atoms with E-state index < -0.39 is 17.8 Å². The van der Waals surface area contributed by atoms with Gasteiger partial charge in [0.1, 0.15) is 0 Å². The molecule has 0 fully saturated rings. The van der Waals surface area contributed by atoms with Crippen molar-refractivity contribution in [3.63, 3.8) is 0 Å². The van der Waals surface area contributed by atoms with Crippen LogP contribution >= 0.6 is 0 Å². The predicted molar refractivity (Wildman–Crippen MR) is 36.3 cm³/mol. The highest BCUT2D eigenvalue weighted by molar-refractivity contribution is 5.18. The molecule has 0 bridgehead atoms. The highest BCUT2D eigenvalue weighted by Gasteiger charge is 2.40. The summed E-state index contributed by atoms with van der Waals surface area (Å²) in [6.07, 6.45) is -3.18. The minimum Gasteiger partial charge on any atom is -0.359 e. The van der Waals surface area contributed by atoms with Gasteiger partial charge in [0.05, 0.1) is 0 Å². The molecule has 1 N–H and O–H groups in total. The van der Waals surface area contributed by atoms with Crippen LogP contribution in [0, 0.1) is 6.07 Å². The summed E-state index contributed by atoms with van der Waals surface area (Å²) < 4.78 is 37.2. The van der Waals surface area contributed by atoms with Gasteiger partial charge in [0, 0.05) is 5.56 Å². The van der Waals surface area contributed by atoms with E-state index in [2.05, 4.69) is 6.07 Å². The van der Waals surface area contributed by atoms with E-state index in [-0.39, 0.29) is 0 Å². The first-order valence-corrected chi connectivity index (χ1v) is 3.22. The monoisotopic (exact) mass is 175 g/mol. The van der Waals surface area contributed by atoms with E-state index in [1.165, 1.54) is 18.2 Å². The van der Waals surface area contributed by atoms with Crippen LogP contribution in [0.1, 0.15) is 5.56 Å². The Kier molecular flexibility index (Phi) is 2.38. The summed E-state index contributed by atoms with van der Waals surface area (Å²) in [4.78, 5) is 0. The lowest BCUT2D eigenvalue weighted by atomic mass is 10.1. The van der Waals surface area contributed by atoms with Crippen molar-refractivity contribution < 1.29 is 18.3 Å². The molecule has 12 heavy (non-hydrogen) atoms. The Morgan fingerprint density at radius 1 is 1.42 bits per heavy atom. The Bertz CT molecular complexity index is 246. The molecular formula is C8H6F3O. The highest BCUT2D eigenvalue weighted by Crippen LogP contribution is 2.31. The maximum Gasteiger partial charge on any atom is 0.328 e. The molecule has 0 heterocycles. The van der Waals surface area contributed by atoms with Crippen molar-refractivity contribution in [2.24, 2.45) is 0 Å². The lowest BCUT2D eigenvalue weighted by Gasteiger charge is -2.15. The van der Waals surface area contributed by atoms with Crippen molar-refractivity contribution in [1.29, 1.82) is 0 Å². The summed E-state index contributed by atoms with van der Waals surface area (Å²) in [6.45, 7) is 0. The van der Waals surface area contributed by atoms with Gasteiger partial charge >= 0.3 is 5.92 Å². The molecule has 0 aliphatic rings. The van der Waals surface area contributed by atoms with Crippen LogP contribution in [0.15, 0.2) is 24.3 Å². The van der Waals surface area contributed by atoms with Crippen molar-refractivity contribution in [2.75, 3.05) is 0 Å². The number of benzene rings is 1. The molecular weight excluding hydrogens is 169 g/mol. The largest absolute Gasteiger partial charge is 0.359 e. The van der Waals surface area contributed by atoms with E-state index in [4.69, 9.17) is 5.11 Å². The first-order valence-electron chi connectivity index (χ1n) is 3.22. The minimum atomic E-state index is -3.87. The van der Waals surface area contributed by atoms with Crippen molar-refractivity contribution in [1.82, 2.24) is 0 Å². The van der Waals surface area contributed by atoms with Gasteiger partial charge in [0.2, 0.25) is 0 Å². The SMILES string of the molecule is OC(F)C(F)(F)c1[c]cccc1. The fourth-order valence-corrected chi connectivity index (χ4v) is 0.729. The molecule has 0 aliphatic carbocycles. The van der Waals surface area contributed by atoms with Crippen molar-refractivity contribution in [3.8, 4) is 0 Å². The zero-order chi connectivity index (χ0) is 9.19. The summed E-state index contributed by atoms with van der Waals surface area (Å²) in [5.41, 5.74) is -0.653. The molecule has 1 nitrogen and oxygen atoms in total. The third-order valence-corrected chi connectivity index (χ3v) is 1.37. The summed E-state index contributed by atoms with van der Waals surface area (Å²) in [5, 5.41) is 8.10. The van der Waals surface area contributed by atoms with E-state index in [1.807, 2.05) is 0 Å². The van der Waals surface area contributed by atoms with E-state index in [1.54, 1.807) is 0 Å². The normalized spacial score (nSPS) is 14.3. The Balaban J connectivity index is 2.98. The maximum atomic E-state index is 12.6. The molecule has 4 heteroatoms. The van der Waals surface area contributed by atoms with Crippen molar-refractivity contribution in [3.05, 3.63) is 35.9 Å². The first-order chi connectivity index (χ1) is 5.55. The molecule has 0 aromatic heterocycles. The molecule has 0 saturated carbocycles. The van der Waals surface area contributed by atoms with Crippen LogP contribution in [-0.4, -0.2) is 11.5 Å².